The topological polar surface area (TPSA) is 41.3 Å². The molecular formula is C14H18ClN3O. The third-order valence-corrected chi connectivity index (χ3v) is 3.27. The van der Waals surface area contributed by atoms with Gasteiger partial charge in [0, 0.05) is 31.9 Å². The fourth-order valence-electron chi connectivity index (χ4n) is 1.96. The van der Waals surface area contributed by atoms with Crippen molar-refractivity contribution in [1.82, 2.24) is 10.3 Å². The van der Waals surface area contributed by atoms with Crippen LogP contribution >= 0.6 is 11.6 Å². The monoisotopic (exact) mass is 279 g/mol. The smallest absolute Gasteiger partial charge is 0.147 e. The van der Waals surface area contributed by atoms with E-state index < -0.39 is 0 Å². The Kier molecular flexibility index (Phi) is 4.45. The number of aryl methyl sites for hydroxylation is 1. The number of pyridine rings is 1. The van der Waals surface area contributed by atoms with Crippen LogP contribution in [0.5, 0.6) is 0 Å². The first-order valence-electron chi connectivity index (χ1n) is 6.15. The van der Waals surface area contributed by atoms with Crippen LogP contribution in [0.4, 0.5) is 5.82 Å². The Morgan fingerprint density at radius 3 is 2.84 bits per heavy atom. The fraction of sp³-hybridized carbons (Fsp3) is 0.357. The highest BCUT2D eigenvalue weighted by molar-refractivity contribution is 6.33. The highest BCUT2D eigenvalue weighted by atomic mass is 35.5. The minimum Gasteiger partial charge on any atom is -0.469 e. The highest BCUT2D eigenvalue weighted by Crippen LogP contribution is 2.25. The maximum atomic E-state index is 6.28. The zero-order valence-corrected chi connectivity index (χ0v) is 12.2. The van der Waals surface area contributed by atoms with Crippen molar-refractivity contribution in [3.05, 3.63) is 46.5 Å². The lowest BCUT2D eigenvalue weighted by Gasteiger charge is -2.19. The van der Waals surface area contributed by atoms with Crippen molar-refractivity contribution in [3.63, 3.8) is 0 Å². The van der Waals surface area contributed by atoms with Crippen LogP contribution in [0.15, 0.2) is 29.0 Å². The predicted octanol–water partition coefficient (Wildman–Crippen LogP) is 2.99. The molecule has 0 saturated heterocycles. The Labute approximate surface area is 118 Å². The number of halogens is 1. The number of anilines is 1. The van der Waals surface area contributed by atoms with E-state index in [0.717, 1.165) is 35.8 Å². The van der Waals surface area contributed by atoms with E-state index in [4.69, 9.17) is 16.0 Å². The van der Waals surface area contributed by atoms with E-state index in [1.165, 1.54) is 0 Å². The molecule has 0 fully saturated rings. The Morgan fingerprint density at radius 2 is 2.26 bits per heavy atom. The minimum atomic E-state index is 0.663. The van der Waals surface area contributed by atoms with E-state index in [9.17, 15) is 0 Å². The number of furan rings is 1. The lowest BCUT2D eigenvalue weighted by Crippen LogP contribution is -2.18. The van der Waals surface area contributed by atoms with Crippen LogP contribution in [-0.4, -0.2) is 19.1 Å². The molecule has 0 bridgehead atoms. The normalized spacial score (nSPS) is 10.7. The van der Waals surface area contributed by atoms with E-state index in [1.807, 2.05) is 44.2 Å². The van der Waals surface area contributed by atoms with E-state index >= 15 is 0 Å². The van der Waals surface area contributed by atoms with Crippen molar-refractivity contribution in [3.8, 4) is 0 Å². The molecule has 0 spiro atoms. The molecule has 0 aromatic carbocycles. The number of rotatable bonds is 5. The zero-order chi connectivity index (χ0) is 13.8. The molecule has 2 rings (SSSR count). The van der Waals surface area contributed by atoms with Crippen molar-refractivity contribution in [2.75, 3.05) is 19.0 Å². The van der Waals surface area contributed by atoms with E-state index in [-0.39, 0.29) is 0 Å². The third kappa shape index (κ3) is 3.28. The lowest BCUT2D eigenvalue weighted by molar-refractivity contribution is 0.529. The van der Waals surface area contributed by atoms with Gasteiger partial charge in [-0.1, -0.05) is 11.6 Å². The molecule has 5 heteroatoms. The molecular weight excluding hydrogens is 262 g/mol. The van der Waals surface area contributed by atoms with Crippen molar-refractivity contribution in [1.29, 1.82) is 0 Å². The molecule has 0 aliphatic carbocycles. The molecule has 0 aliphatic rings. The van der Waals surface area contributed by atoms with Gasteiger partial charge in [-0.05, 0) is 31.7 Å². The summed E-state index contributed by atoms with van der Waals surface area (Å²) in [4.78, 5) is 6.45. The first-order valence-corrected chi connectivity index (χ1v) is 6.52. The molecule has 0 unspecified atom stereocenters. The Hall–Kier alpha value is -1.52. The molecule has 0 radical (unpaired) electrons. The summed E-state index contributed by atoms with van der Waals surface area (Å²) in [6, 6.07) is 3.91. The van der Waals surface area contributed by atoms with Gasteiger partial charge >= 0.3 is 0 Å². The average molecular weight is 280 g/mol. The minimum absolute atomic E-state index is 0.663. The van der Waals surface area contributed by atoms with Gasteiger partial charge in [-0.3, -0.25) is 0 Å². The number of aromatic nitrogens is 1. The van der Waals surface area contributed by atoms with E-state index in [1.54, 1.807) is 6.26 Å². The van der Waals surface area contributed by atoms with Crippen molar-refractivity contribution in [2.24, 2.45) is 0 Å². The molecule has 1 N–H and O–H groups in total. The average Bonchev–Trinajstić information content (AvgIpc) is 2.75. The van der Waals surface area contributed by atoms with Gasteiger partial charge in [0.1, 0.15) is 11.6 Å². The summed E-state index contributed by atoms with van der Waals surface area (Å²) in [6.07, 6.45) is 3.54. The molecule has 2 heterocycles. The van der Waals surface area contributed by atoms with Gasteiger partial charge in [-0.15, -0.1) is 0 Å². The van der Waals surface area contributed by atoms with Gasteiger partial charge < -0.3 is 14.6 Å². The molecule has 2 aromatic heterocycles. The molecule has 0 saturated carbocycles. The third-order valence-electron chi connectivity index (χ3n) is 2.99. The molecule has 102 valence electrons. The molecule has 2 aromatic rings. The summed E-state index contributed by atoms with van der Waals surface area (Å²) in [5, 5.41) is 3.74. The molecule has 4 nitrogen and oxygen atoms in total. The first-order chi connectivity index (χ1) is 9.11. The number of nitrogens with one attached hydrogen (secondary N) is 1. The van der Waals surface area contributed by atoms with Crippen LogP contribution in [-0.2, 0) is 13.1 Å². The highest BCUT2D eigenvalue weighted by Gasteiger charge is 2.11. The van der Waals surface area contributed by atoms with Crippen molar-refractivity contribution < 1.29 is 4.42 Å². The molecule has 19 heavy (non-hydrogen) atoms. The van der Waals surface area contributed by atoms with Gasteiger partial charge in [0.05, 0.1) is 11.3 Å². The SMILES string of the molecule is CNCc1cnc(N(C)Cc2ccoc2C)c(Cl)c1. The molecule has 0 amide bonds. The van der Waals surface area contributed by atoms with E-state index in [0.29, 0.717) is 5.02 Å². The fourth-order valence-corrected chi connectivity index (χ4v) is 2.29. The summed E-state index contributed by atoms with van der Waals surface area (Å²) in [5.41, 5.74) is 2.21. The second kappa shape index (κ2) is 6.08. The summed E-state index contributed by atoms with van der Waals surface area (Å²) in [6.45, 7) is 3.44. The summed E-state index contributed by atoms with van der Waals surface area (Å²) in [7, 11) is 3.87. The first kappa shape index (κ1) is 13.9. The largest absolute Gasteiger partial charge is 0.469 e. The van der Waals surface area contributed by atoms with Crippen LogP contribution < -0.4 is 10.2 Å². The second-order valence-corrected chi connectivity index (χ2v) is 4.94. The molecule has 0 atom stereocenters. The Balaban J connectivity index is 2.15. The van der Waals surface area contributed by atoms with Gasteiger partial charge in [0.15, 0.2) is 0 Å². The van der Waals surface area contributed by atoms with Crippen molar-refractivity contribution in [2.45, 2.75) is 20.0 Å². The number of hydrogen-bond acceptors (Lipinski definition) is 4. The van der Waals surface area contributed by atoms with Gasteiger partial charge in [-0.2, -0.15) is 0 Å². The Bertz CT molecular complexity index is 553. The van der Waals surface area contributed by atoms with Crippen LogP contribution in [0.2, 0.25) is 5.02 Å². The number of hydrogen-bond donors (Lipinski definition) is 1. The predicted molar refractivity (Wildman–Crippen MR) is 77.6 cm³/mol. The van der Waals surface area contributed by atoms with Crippen LogP contribution in [0.3, 0.4) is 0 Å². The maximum Gasteiger partial charge on any atom is 0.147 e. The summed E-state index contributed by atoms with van der Waals surface area (Å²) in [5.74, 6) is 1.71. The van der Waals surface area contributed by atoms with Crippen LogP contribution in [0.25, 0.3) is 0 Å². The maximum absolute atomic E-state index is 6.28. The quantitative estimate of drug-likeness (QED) is 0.914. The van der Waals surface area contributed by atoms with E-state index in [2.05, 4.69) is 10.3 Å². The summed E-state index contributed by atoms with van der Waals surface area (Å²) < 4.78 is 5.29. The Morgan fingerprint density at radius 1 is 1.47 bits per heavy atom. The number of nitrogens with zero attached hydrogens (tertiary/aromatic N) is 2. The van der Waals surface area contributed by atoms with Crippen LogP contribution in [0, 0.1) is 6.92 Å². The molecule has 0 aliphatic heterocycles. The van der Waals surface area contributed by atoms with Gasteiger partial charge in [0.25, 0.3) is 0 Å². The standard InChI is InChI=1S/C14H18ClN3O/c1-10-12(4-5-19-10)9-18(3)14-13(15)6-11(7-16-2)8-17-14/h4-6,8,16H,7,9H2,1-3H3. The van der Waals surface area contributed by atoms with Crippen LogP contribution in [0.1, 0.15) is 16.9 Å². The zero-order valence-electron chi connectivity index (χ0n) is 11.4. The van der Waals surface area contributed by atoms with Gasteiger partial charge in [0.2, 0.25) is 0 Å². The lowest BCUT2D eigenvalue weighted by atomic mass is 10.2. The van der Waals surface area contributed by atoms with Crippen molar-refractivity contribution >= 4 is 17.4 Å². The second-order valence-electron chi connectivity index (χ2n) is 4.54. The summed E-state index contributed by atoms with van der Waals surface area (Å²) >= 11 is 6.28. The van der Waals surface area contributed by atoms with Gasteiger partial charge in [-0.25, -0.2) is 4.98 Å².